The number of alkyl halides is 2. The van der Waals surface area contributed by atoms with E-state index in [0.717, 1.165) is 16.9 Å². The SMILES string of the molecule is BC(c1ccc2c(c1)CN([C@]1(B)C(=O)NC(=O)C(B)C1(B)B)C2=O)N(B)C(=O)C(F)(F)c1ccc(Cl)cc1. The molecule has 0 aromatic heterocycles. The van der Waals surface area contributed by atoms with Crippen LogP contribution in [0.25, 0.3) is 0 Å². The van der Waals surface area contributed by atoms with Crippen molar-refractivity contribution in [2.45, 2.75) is 34.9 Å². The molecule has 2 aromatic rings. The fourth-order valence-electron chi connectivity index (χ4n) is 5.22. The standard InChI is InChI=1S/C22H24B6ClF2N3O4/c23-14-16(35)32-18(37)22(27,21(14,25)26)33-8-10-7-9(1-6-13(10)17(33)36)15(24)34(28)19(38)20(30,31)11-2-4-12(29)5-3-11/h1-7,14-15H,8,23-28H2,(H,32,35,37)/t14?,15?,22-/m1/s1. The Labute approximate surface area is 229 Å². The van der Waals surface area contributed by atoms with E-state index in [9.17, 15) is 28.0 Å². The lowest BCUT2D eigenvalue weighted by Crippen LogP contribution is -2.72. The maximum atomic E-state index is 15.0. The number of amides is 4. The Morgan fingerprint density at radius 2 is 1.74 bits per heavy atom. The summed E-state index contributed by atoms with van der Waals surface area (Å²) in [5.41, 5.74) is -0.220. The molecule has 2 unspecified atom stereocenters. The first kappa shape index (κ1) is 28.1. The van der Waals surface area contributed by atoms with E-state index >= 15 is 0 Å². The van der Waals surface area contributed by atoms with Crippen molar-refractivity contribution in [2.24, 2.45) is 0 Å². The average Bonchev–Trinajstić information content (AvgIpc) is 3.21. The number of imide groups is 1. The number of hydrogen-bond acceptors (Lipinski definition) is 4. The van der Waals surface area contributed by atoms with Gasteiger partial charge in [-0.1, -0.05) is 41.1 Å². The zero-order chi connectivity index (χ0) is 28.4. The van der Waals surface area contributed by atoms with Gasteiger partial charge in [0.2, 0.25) is 19.8 Å². The average molecular weight is 533 g/mol. The number of hydrogen-bond donors (Lipinski definition) is 1. The minimum Gasteiger partial charge on any atom is -0.389 e. The van der Waals surface area contributed by atoms with Crippen LogP contribution in [0, 0.1) is 0 Å². The van der Waals surface area contributed by atoms with Gasteiger partial charge in [0.25, 0.3) is 11.8 Å². The summed E-state index contributed by atoms with van der Waals surface area (Å²) in [4.78, 5) is 54.1. The first-order chi connectivity index (χ1) is 17.5. The Kier molecular flexibility index (Phi) is 6.92. The van der Waals surface area contributed by atoms with Gasteiger partial charge in [0.1, 0.15) is 39.2 Å². The van der Waals surface area contributed by atoms with Gasteiger partial charge in [-0.25, -0.2) is 0 Å². The molecule has 2 aliphatic rings. The third kappa shape index (κ3) is 4.10. The Bertz CT molecular complexity index is 1370. The summed E-state index contributed by atoms with van der Waals surface area (Å²) < 4.78 is 30.0. The number of carbonyl (C=O) groups excluding carboxylic acids is 4. The third-order valence-electron chi connectivity index (χ3n) is 8.74. The Hall–Kier alpha value is -2.94. The highest BCUT2D eigenvalue weighted by molar-refractivity contribution is 6.57. The van der Waals surface area contributed by atoms with Gasteiger partial charge in [0.05, 0.1) is 5.44 Å². The van der Waals surface area contributed by atoms with E-state index in [4.69, 9.17) is 11.6 Å². The molecule has 4 amide bonds. The molecule has 0 bridgehead atoms. The van der Waals surface area contributed by atoms with Crippen LogP contribution in [0.5, 0.6) is 0 Å². The molecule has 0 saturated carbocycles. The number of nitrogens with one attached hydrogen (secondary N) is 1. The highest BCUT2D eigenvalue weighted by atomic mass is 35.5. The molecular weight excluding hydrogens is 509 g/mol. The molecule has 0 aliphatic carbocycles. The Morgan fingerprint density at radius 1 is 1.13 bits per heavy atom. The topological polar surface area (TPSA) is 86.8 Å². The minimum absolute atomic E-state index is 0.0988. The molecule has 16 heteroatoms. The van der Waals surface area contributed by atoms with Crippen molar-refractivity contribution in [3.63, 3.8) is 0 Å². The molecule has 0 spiro atoms. The van der Waals surface area contributed by atoms with Gasteiger partial charge in [-0.05, 0) is 29.3 Å². The highest BCUT2D eigenvalue weighted by Gasteiger charge is 2.60. The number of piperidine rings is 1. The largest absolute Gasteiger partial charge is 0.389 e. The number of fused-ring (bicyclic) bond motifs is 1. The number of benzene rings is 2. The third-order valence-corrected chi connectivity index (χ3v) is 8.99. The van der Waals surface area contributed by atoms with Crippen molar-refractivity contribution in [1.29, 1.82) is 0 Å². The van der Waals surface area contributed by atoms with E-state index < -0.39 is 45.7 Å². The molecule has 0 radical (unpaired) electrons. The van der Waals surface area contributed by atoms with Crippen LogP contribution in [0.3, 0.4) is 0 Å². The van der Waals surface area contributed by atoms with E-state index in [-0.39, 0.29) is 23.4 Å². The summed E-state index contributed by atoms with van der Waals surface area (Å²) in [7, 11) is 9.89. The summed E-state index contributed by atoms with van der Waals surface area (Å²) in [5, 5.41) is 1.81. The molecule has 3 atom stereocenters. The van der Waals surface area contributed by atoms with E-state index in [2.05, 4.69) is 5.32 Å². The lowest BCUT2D eigenvalue weighted by atomic mass is 9.31. The maximum Gasteiger partial charge on any atom is 0.348 e. The predicted octanol–water partition coefficient (Wildman–Crippen LogP) is -3.11. The van der Waals surface area contributed by atoms with Crippen LogP contribution < -0.4 is 5.32 Å². The molecule has 1 fully saturated rings. The minimum atomic E-state index is -3.76. The number of nitrogens with zero attached hydrogens (tertiary/aromatic N) is 2. The molecule has 38 heavy (non-hydrogen) atoms. The van der Waals surface area contributed by atoms with Crippen molar-refractivity contribution in [3.05, 3.63) is 69.7 Å². The van der Waals surface area contributed by atoms with Crippen molar-refractivity contribution >= 4 is 82.4 Å². The highest BCUT2D eigenvalue weighted by Crippen LogP contribution is 2.49. The van der Waals surface area contributed by atoms with Crippen LogP contribution in [-0.4, -0.2) is 86.0 Å². The number of carbonyl (C=O) groups is 4. The van der Waals surface area contributed by atoms with Crippen LogP contribution in [0.1, 0.15) is 33.0 Å². The number of rotatable bonds is 5. The second kappa shape index (κ2) is 9.36. The summed E-state index contributed by atoms with van der Waals surface area (Å²) >= 11 is 5.79. The van der Waals surface area contributed by atoms with Crippen molar-refractivity contribution in [2.75, 3.05) is 0 Å². The first-order valence-corrected chi connectivity index (χ1v) is 12.6. The number of halogens is 3. The van der Waals surface area contributed by atoms with Gasteiger partial charge in [0, 0.05) is 34.5 Å². The van der Waals surface area contributed by atoms with Crippen LogP contribution in [0.4, 0.5) is 8.78 Å². The molecule has 2 aromatic carbocycles. The fraction of sp³-hybridized carbons (Fsp3) is 0.273. The van der Waals surface area contributed by atoms with E-state index in [1.807, 2.05) is 0 Å². The monoisotopic (exact) mass is 533 g/mol. The van der Waals surface area contributed by atoms with Crippen LogP contribution in [-0.2, 0) is 26.9 Å². The smallest absolute Gasteiger partial charge is 0.348 e. The molecule has 190 valence electrons. The summed E-state index contributed by atoms with van der Waals surface area (Å²) in [6.07, 6.45) is 0. The normalized spacial score (nSPS) is 23.5. The fourth-order valence-corrected chi connectivity index (χ4v) is 5.35. The molecule has 2 aliphatic heterocycles. The van der Waals surface area contributed by atoms with E-state index in [1.54, 1.807) is 57.4 Å². The second-order valence-electron chi connectivity index (χ2n) is 10.8. The molecule has 1 saturated heterocycles. The van der Waals surface area contributed by atoms with Gasteiger partial charge >= 0.3 is 5.92 Å². The summed E-state index contributed by atoms with van der Waals surface area (Å²) in [6, 6.07) is 9.75. The van der Waals surface area contributed by atoms with Crippen LogP contribution in [0.15, 0.2) is 42.5 Å². The van der Waals surface area contributed by atoms with Crippen molar-refractivity contribution < 1.29 is 28.0 Å². The van der Waals surface area contributed by atoms with Gasteiger partial charge < -0.3 is 9.71 Å². The lowest BCUT2D eigenvalue weighted by Gasteiger charge is -2.54. The van der Waals surface area contributed by atoms with Gasteiger partial charge in [-0.3, -0.25) is 24.5 Å². The Balaban J connectivity index is 1.61. The molecule has 2 heterocycles. The van der Waals surface area contributed by atoms with Gasteiger partial charge in [-0.2, -0.15) is 8.78 Å². The molecule has 7 nitrogen and oxygen atoms in total. The van der Waals surface area contributed by atoms with Crippen LogP contribution >= 0.6 is 11.6 Å². The van der Waals surface area contributed by atoms with E-state index in [0.29, 0.717) is 16.7 Å². The summed E-state index contributed by atoms with van der Waals surface area (Å²) in [5.74, 6) is -7.70. The van der Waals surface area contributed by atoms with Crippen molar-refractivity contribution in [3.8, 4) is 0 Å². The zero-order valence-corrected chi connectivity index (χ0v) is 22.8. The quantitative estimate of drug-likeness (QED) is 0.326. The van der Waals surface area contributed by atoms with Gasteiger partial charge in [-0.15, -0.1) is 0 Å². The van der Waals surface area contributed by atoms with E-state index in [1.165, 1.54) is 25.0 Å². The lowest BCUT2D eigenvalue weighted by molar-refractivity contribution is -0.154. The molecular formula is C22H24B6ClF2N3O4. The predicted molar refractivity (Wildman–Crippen MR) is 155 cm³/mol. The van der Waals surface area contributed by atoms with Gasteiger partial charge in [0.15, 0.2) is 0 Å². The molecule has 1 N–H and O–H groups in total. The Morgan fingerprint density at radius 3 is 2.34 bits per heavy atom. The summed E-state index contributed by atoms with van der Waals surface area (Å²) in [6.45, 7) is 0.0988. The first-order valence-electron chi connectivity index (χ1n) is 12.3. The second-order valence-corrected chi connectivity index (χ2v) is 11.3. The maximum absolute atomic E-state index is 15.0. The van der Waals surface area contributed by atoms with Crippen molar-refractivity contribution in [1.82, 2.24) is 15.0 Å². The molecule has 4 rings (SSSR count). The zero-order valence-electron chi connectivity index (χ0n) is 22.1. The van der Waals surface area contributed by atoms with Crippen LogP contribution in [0.2, 0.25) is 16.1 Å².